The Bertz CT molecular complexity index is 2050. The molecule has 0 aromatic rings. The van der Waals surface area contributed by atoms with Crippen LogP contribution in [0, 0.1) is 0 Å². The Morgan fingerprint density at radius 3 is 0.977 bits per heavy atom. The van der Waals surface area contributed by atoms with Gasteiger partial charge in [-0.1, -0.05) is 0 Å². The Hall–Kier alpha value is 3.02. The average Bonchev–Trinajstić information content (AvgIpc) is 2.20. The van der Waals surface area contributed by atoms with Crippen LogP contribution < -0.4 is 0 Å². The van der Waals surface area contributed by atoms with E-state index in [1.807, 2.05) is 0 Å². The molecule has 0 aromatic carbocycles. The molecule has 6 fully saturated rings. The van der Waals surface area contributed by atoms with Gasteiger partial charge in [-0.25, -0.2) is 0 Å². The summed E-state index contributed by atoms with van der Waals surface area (Å²) in [4.78, 5) is 0. The second kappa shape index (κ2) is 34.7. The molecule has 14 unspecified atom stereocenters. The van der Waals surface area contributed by atoms with E-state index in [2.05, 4.69) is 137 Å². The van der Waals surface area contributed by atoms with Crippen LogP contribution in [0.5, 0.6) is 0 Å². The lowest BCUT2D eigenvalue weighted by atomic mass is 10.5. The number of epoxide rings is 3. The molecular weight excluding hydrogens is 1420 g/mol. The van der Waals surface area contributed by atoms with E-state index in [1.165, 1.54) is 0 Å². The van der Waals surface area contributed by atoms with Gasteiger partial charge in [0.05, 0.1) is 39.6 Å². The van der Waals surface area contributed by atoms with Crippen molar-refractivity contribution in [1.82, 2.24) is 0 Å². The molecule has 0 aromatic heterocycles. The molecule has 512 valence electrons. The third-order valence-corrected chi connectivity index (χ3v) is 84.7. The smallest absolute Gasteiger partial charge is 0.317 e. The predicted octanol–water partition coefficient (Wildman–Crippen LogP) is 8.13. The number of rotatable bonds is 38. The van der Waals surface area contributed by atoms with Crippen LogP contribution in [-0.2, 0) is 94.3 Å². The molecule has 22 nitrogen and oxygen atoms in total. The van der Waals surface area contributed by atoms with Crippen LogP contribution >= 0.6 is 0 Å². The molecule has 15 atom stereocenters. The molecule has 0 aliphatic carbocycles. The van der Waals surface area contributed by atoms with Gasteiger partial charge in [-0.15, -0.1) is 0 Å². The maximum Gasteiger partial charge on any atom is 0.317 e. The Labute approximate surface area is 550 Å². The highest BCUT2D eigenvalue weighted by Gasteiger charge is 2.51. The highest BCUT2D eigenvalue weighted by atomic mass is 28.5. The minimum atomic E-state index is -2.83. The minimum absolute atomic E-state index is 0.224. The quantitative estimate of drug-likeness (QED) is 0.0324. The van der Waals surface area contributed by atoms with Crippen molar-refractivity contribution in [2.45, 2.75) is 242 Å². The summed E-state index contributed by atoms with van der Waals surface area (Å²) in [5, 5.41) is 0. The molecule has 0 amide bonds. The second-order valence-electron chi connectivity index (χ2n) is 28.9. The van der Waals surface area contributed by atoms with Crippen LogP contribution in [0.1, 0.15) is 19.3 Å². The molecule has 6 aliphatic rings. The van der Waals surface area contributed by atoms with Gasteiger partial charge in [-0.05, 0) is 223 Å². The summed E-state index contributed by atoms with van der Waals surface area (Å²) in [5.41, 5.74) is 0. The van der Waals surface area contributed by atoms with E-state index >= 15 is 0 Å². The first kappa shape index (κ1) is 79.0. The molecule has 40 heteroatoms. The van der Waals surface area contributed by atoms with Crippen molar-refractivity contribution in [2.75, 3.05) is 59.5 Å². The van der Waals surface area contributed by atoms with Gasteiger partial charge >= 0.3 is 79.2 Å². The molecular formula is C47H120O22Si18. The zero-order valence-electron chi connectivity index (χ0n) is 57.6. The lowest BCUT2D eigenvalue weighted by molar-refractivity contribution is 0.115. The highest BCUT2D eigenvalue weighted by Crippen LogP contribution is 2.37. The van der Waals surface area contributed by atoms with Crippen molar-refractivity contribution in [2.24, 2.45) is 0 Å². The monoisotopic (exact) mass is 1540 g/mol. The maximum atomic E-state index is 7.49. The largest absolute Gasteiger partial charge is 0.437 e. The molecule has 6 aliphatic heterocycles. The Kier molecular flexibility index (Phi) is 31.5. The van der Waals surface area contributed by atoms with Crippen LogP contribution in [0.4, 0.5) is 0 Å². The summed E-state index contributed by atoms with van der Waals surface area (Å²) in [6.45, 7) is 53.3. The fourth-order valence-electron chi connectivity index (χ4n) is 12.2. The van der Waals surface area contributed by atoms with Crippen molar-refractivity contribution < 1.29 is 94.3 Å². The summed E-state index contributed by atoms with van der Waals surface area (Å²) < 4.78 is 145. The second-order valence-corrected chi connectivity index (χ2v) is 86.8. The van der Waals surface area contributed by atoms with E-state index in [4.69, 9.17) is 94.3 Å². The average molecular weight is 1540 g/mol. The van der Waals surface area contributed by atoms with Crippen LogP contribution in [-0.4, -0.2) is 237 Å². The number of ether oxygens (including phenoxy) is 6. The van der Waals surface area contributed by atoms with E-state index in [0.717, 1.165) is 106 Å². The van der Waals surface area contributed by atoms with E-state index in [0.29, 0.717) is 39.6 Å². The normalized spacial score (nSPS) is 35.2. The zero-order chi connectivity index (χ0) is 64.2. The zero-order valence-corrected chi connectivity index (χ0v) is 76.8. The van der Waals surface area contributed by atoms with E-state index in [9.17, 15) is 0 Å². The van der Waals surface area contributed by atoms with Crippen molar-refractivity contribution in [3.05, 3.63) is 0 Å². The molecule has 87 heavy (non-hydrogen) atoms. The summed E-state index contributed by atoms with van der Waals surface area (Å²) in [6.07, 6.45) is 3.37. The first-order chi connectivity index (χ1) is 40.3. The van der Waals surface area contributed by atoms with Crippen molar-refractivity contribution >= 4 is 159 Å². The topological polar surface area (TPSA) is 213 Å². The van der Waals surface area contributed by atoms with E-state index in [-0.39, 0.29) is 18.3 Å². The standard InChI is InChI=1S/C47H120O22Si18/c1-70-54-72(3)59-84(18,31-22-25-48-39-45-42-51-45)62-75(56-70)28-34-78(6,7)65-82(14,15)66-80(10,11)36-30-77-58-74(5)61-87(21,69-86(20,64-77)33-24-27-50-41-47-44-53-47)38-37-81(12,13)68-83(16,17)67-79(8,9)35-29-76-57-71(2)55-73(4)60-85(19,63-76)32-23-26-49-40-46-43-52-46/h45-47,70-77H,22-44H2,1-21H3/t45?,46?,47?,70?,71?,72?,73-,74?,75?,76?,77?,84?,85?,86?,87?/m1/s1. The summed E-state index contributed by atoms with van der Waals surface area (Å²) in [5.74, 6) is 0. The number of hydrogen-bond donors (Lipinski definition) is 0. The Morgan fingerprint density at radius 1 is 0.356 bits per heavy atom. The van der Waals surface area contributed by atoms with Crippen molar-refractivity contribution in [3.63, 3.8) is 0 Å². The summed E-state index contributed by atoms with van der Waals surface area (Å²) in [7, 11) is -40.9. The van der Waals surface area contributed by atoms with Gasteiger partial charge in [0.25, 0.3) is 46.4 Å². The first-order valence-corrected chi connectivity index (χ1v) is 76.7. The molecule has 0 spiro atoms. The third kappa shape index (κ3) is 32.5. The third-order valence-electron chi connectivity index (χ3n) is 15.7. The number of hydrogen-bond acceptors (Lipinski definition) is 22. The van der Waals surface area contributed by atoms with Gasteiger partial charge in [0.2, 0.25) is 0 Å². The first-order valence-electron chi connectivity index (χ1n) is 32.7. The molecule has 6 rings (SSSR count). The molecule has 6 saturated heterocycles. The van der Waals surface area contributed by atoms with Crippen LogP contribution in [0.3, 0.4) is 0 Å². The lowest BCUT2D eigenvalue weighted by Crippen LogP contribution is -2.60. The van der Waals surface area contributed by atoms with E-state index < -0.39 is 159 Å². The summed E-state index contributed by atoms with van der Waals surface area (Å²) >= 11 is 0. The fraction of sp³-hybridized carbons (Fsp3) is 1.00. The molecule has 0 radical (unpaired) electrons. The lowest BCUT2D eigenvalue weighted by Gasteiger charge is -2.45. The van der Waals surface area contributed by atoms with Crippen molar-refractivity contribution in [3.8, 4) is 0 Å². The van der Waals surface area contributed by atoms with Gasteiger partial charge in [-0.2, -0.15) is 0 Å². The van der Waals surface area contributed by atoms with Gasteiger partial charge in [0.1, 0.15) is 18.3 Å². The van der Waals surface area contributed by atoms with Gasteiger partial charge in [-0.3, -0.25) is 0 Å². The molecule has 0 N–H and O–H groups in total. The van der Waals surface area contributed by atoms with Gasteiger partial charge in [0, 0.05) is 19.8 Å². The molecule has 6 heterocycles. The van der Waals surface area contributed by atoms with Gasteiger partial charge in [0.15, 0.2) is 33.3 Å². The molecule has 0 saturated carbocycles. The van der Waals surface area contributed by atoms with E-state index in [1.54, 1.807) is 0 Å². The van der Waals surface area contributed by atoms with Crippen LogP contribution in [0.2, 0.25) is 204 Å². The van der Waals surface area contributed by atoms with Crippen molar-refractivity contribution in [1.29, 1.82) is 0 Å². The maximum absolute atomic E-state index is 7.49. The van der Waals surface area contributed by atoms with Crippen LogP contribution in [0.15, 0.2) is 0 Å². The Morgan fingerprint density at radius 2 is 0.632 bits per heavy atom. The highest BCUT2D eigenvalue weighted by molar-refractivity contribution is 6.92. The van der Waals surface area contributed by atoms with Gasteiger partial charge < -0.3 is 94.3 Å². The predicted molar refractivity (Wildman–Crippen MR) is 384 cm³/mol. The Balaban J connectivity index is 1.00. The fourth-order valence-corrected chi connectivity index (χ4v) is 97.5. The summed E-state index contributed by atoms with van der Waals surface area (Å²) in [6, 6.07) is 9.53. The minimum Gasteiger partial charge on any atom is -0.437 e. The molecule has 0 bridgehead atoms. The van der Waals surface area contributed by atoms with Crippen LogP contribution in [0.25, 0.3) is 0 Å². The SMILES string of the molecule is C[SiH]1O[SiH](C)O[Si](C)(CCCOCC2CO2)O[SiH](CC[Si](C)(C)O[Si](C)(C)O[Si](C)(C)CC[SiH]2O[SiH](C)O[Si](C)(CC[Si](C)(C)O[Si](C)(C)O[Si](C)(C)CC[SiH]3O[SiH](C)O[Si@@H](C)O[Si](C)(CCCOCC4CO4)O3)O[Si](C)(CCCOCC3CO3)O2)O1.